The smallest absolute Gasteiger partial charge is 0.212 e. The van der Waals surface area contributed by atoms with Crippen molar-refractivity contribution in [1.82, 2.24) is 4.98 Å². The van der Waals surface area contributed by atoms with Crippen LogP contribution in [0.2, 0.25) is 0 Å². The number of halogens is 1. The van der Waals surface area contributed by atoms with Gasteiger partial charge in [-0.15, -0.1) is 0 Å². The molecule has 1 aromatic rings. The zero-order valence-corrected chi connectivity index (χ0v) is 9.96. The number of anilines is 1. The molecule has 3 heteroatoms. The van der Waals surface area contributed by atoms with Crippen molar-refractivity contribution in [2.75, 3.05) is 5.32 Å². The maximum absolute atomic E-state index is 12.6. The van der Waals surface area contributed by atoms with Crippen LogP contribution in [0.1, 0.15) is 39.5 Å². The Hall–Kier alpha value is -1.12. The first-order valence-corrected chi connectivity index (χ1v) is 5.93. The van der Waals surface area contributed by atoms with E-state index in [0.29, 0.717) is 11.5 Å². The average molecular weight is 222 g/mol. The van der Waals surface area contributed by atoms with E-state index >= 15 is 0 Å². The van der Waals surface area contributed by atoms with E-state index in [9.17, 15) is 4.39 Å². The van der Waals surface area contributed by atoms with Crippen molar-refractivity contribution >= 4 is 5.69 Å². The zero-order valence-electron chi connectivity index (χ0n) is 9.96. The summed E-state index contributed by atoms with van der Waals surface area (Å²) in [7, 11) is 0. The van der Waals surface area contributed by atoms with Gasteiger partial charge >= 0.3 is 0 Å². The van der Waals surface area contributed by atoms with Crippen LogP contribution >= 0.6 is 0 Å². The Kier molecular flexibility index (Phi) is 3.13. The lowest BCUT2D eigenvalue weighted by molar-refractivity contribution is 0.229. The predicted octanol–water partition coefficient (Wildman–Crippen LogP) is 3.60. The Bertz CT molecular complexity index is 345. The summed E-state index contributed by atoms with van der Waals surface area (Å²) in [6.45, 7) is 4.62. The Labute approximate surface area is 96.3 Å². The van der Waals surface area contributed by atoms with Crippen LogP contribution in [0.5, 0.6) is 0 Å². The van der Waals surface area contributed by atoms with Crippen LogP contribution in [0, 0.1) is 11.4 Å². The van der Waals surface area contributed by atoms with E-state index < -0.39 is 5.95 Å². The highest BCUT2D eigenvalue weighted by Gasteiger charge is 2.27. The minimum atomic E-state index is -0.422. The molecule has 1 aliphatic carbocycles. The minimum absolute atomic E-state index is 0.420. The number of hydrogen-bond acceptors (Lipinski definition) is 2. The molecule has 0 amide bonds. The van der Waals surface area contributed by atoms with Gasteiger partial charge in [-0.2, -0.15) is 4.39 Å². The molecule has 1 aromatic heterocycles. The minimum Gasteiger partial charge on any atom is -0.381 e. The molecule has 0 spiro atoms. The Balaban J connectivity index is 1.97. The van der Waals surface area contributed by atoms with E-state index in [1.54, 1.807) is 12.3 Å². The van der Waals surface area contributed by atoms with Crippen molar-refractivity contribution < 1.29 is 4.39 Å². The molecule has 1 saturated carbocycles. The van der Waals surface area contributed by atoms with Crippen LogP contribution in [0.3, 0.4) is 0 Å². The Morgan fingerprint density at radius 2 is 2.25 bits per heavy atom. The molecule has 1 aliphatic rings. The molecule has 2 nitrogen and oxygen atoms in total. The third-order valence-electron chi connectivity index (χ3n) is 3.30. The summed E-state index contributed by atoms with van der Waals surface area (Å²) >= 11 is 0. The fraction of sp³-hybridized carbons (Fsp3) is 0.615. The van der Waals surface area contributed by atoms with E-state index in [4.69, 9.17) is 0 Å². The first kappa shape index (κ1) is 11.4. The van der Waals surface area contributed by atoms with Crippen molar-refractivity contribution in [2.24, 2.45) is 5.41 Å². The fourth-order valence-corrected chi connectivity index (χ4v) is 2.52. The largest absolute Gasteiger partial charge is 0.381 e. The zero-order chi connectivity index (χ0) is 11.6. The molecule has 0 aromatic carbocycles. The SMILES string of the molecule is CC1(C)CCCC(Nc2ccc(F)nc2)C1. The highest BCUT2D eigenvalue weighted by atomic mass is 19.1. The molecule has 1 atom stereocenters. The van der Waals surface area contributed by atoms with Crippen LogP contribution in [0.25, 0.3) is 0 Å². The number of nitrogens with one attached hydrogen (secondary N) is 1. The van der Waals surface area contributed by atoms with Crippen molar-refractivity contribution in [3.63, 3.8) is 0 Å². The van der Waals surface area contributed by atoms with Crippen molar-refractivity contribution in [3.8, 4) is 0 Å². The molecule has 88 valence electrons. The van der Waals surface area contributed by atoms with Gasteiger partial charge in [0.1, 0.15) is 0 Å². The average Bonchev–Trinajstić information content (AvgIpc) is 2.20. The molecule has 1 fully saturated rings. The molecule has 1 heterocycles. The van der Waals surface area contributed by atoms with E-state index in [-0.39, 0.29) is 0 Å². The second kappa shape index (κ2) is 4.40. The van der Waals surface area contributed by atoms with Gasteiger partial charge in [0.25, 0.3) is 0 Å². The topological polar surface area (TPSA) is 24.9 Å². The highest BCUT2D eigenvalue weighted by Crippen LogP contribution is 2.36. The maximum Gasteiger partial charge on any atom is 0.212 e. The van der Waals surface area contributed by atoms with Gasteiger partial charge in [0, 0.05) is 6.04 Å². The maximum atomic E-state index is 12.6. The lowest BCUT2D eigenvalue weighted by Crippen LogP contribution is -2.31. The molecular formula is C13H19FN2. The molecule has 0 saturated heterocycles. The molecule has 16 heavy (non-hydrogen) atoms. The highest BCUT2D eigenvalue weighted by molar-refractivity contribution is 5.41. The normalized spacial score (nSPS) is 24.1. The fourth-order valence-electron chi connectivity index (χ4n) is 2.52. The van der Waals surface area contributed by atoms with E-state index in [0.717, 1.165) is 5.69 Å². The number of hydrogen-bond donors (Lipinski definition) is 1. The third kappa shape index (κ3) is 2.94. The van der Waals surface area contributed by atoms with Gasteiger partial charge in [-0.3, -0.25) is 0 Å². The molecular weight excluding hydrogens is 203 g/mol. The first-order valence-electron chi connectivity index (χ1n) is 5.93. The molecule has 1 N–H and O–H groups in total. The monoisotopic (exact) mass is 222 g/mol. The molecule has 0 aliphatic heterocycles. The van der Waals surface area contributed by atoms with Crippen LogP contribution in [0.4, 0.5) is 10.1 Å². The lowest BCUT2D eigenvalue weighted by atomic mass is 9.75. The van der Waals surface area contributed by atoms with Gasteiger partial charge in [-0.25, -0.2) is 4.98 Å². The summed E-state index contributed by atoms with van der Waals surface area (Å²) in [6.07, 6.45) is 6.49. The summed E-state index contributed by atoms with van der Waals surface area (Å²) < 4.78 is 12.6. The van der Waals surface area contributed by atoms with Crippen LogP contribution < -0.4 is 5.32 Å². The first-order chi connectivity index (χ1) is 7.55. The summed E-state index contributed by atoms with van der Waals surface area (Å²) in [5, 5.41) is 3.43. The summed E-state index contributed by atoms with van der Waals surface area (Å²) in [4.78, 5) is 3.65. The van der Waals surface area contributed by atoms with Gasteiger partial charge in [-0.05, 0) is 36.8 Å². The van der Waals surface area contributed by atoms with Gasteiger partial charge in [0.2, 0.25) is 5.95 Å². The van der Waals surface area contributed by atoms with Gasteiger partial charge in [-0.1, -0.05) is 20.3 Å². The molecule has 1 unspecified atom stereocenters. The predicted molar refractivity (Wildman–Crippen MR) is 63.9 cm³/mol. The van der Waals surface area contributed by atoms with E-state index in [2.05, 4.69) is 24.1 Å². The summed E-state index contributed by atoms with van der Waals surface area (Å²) in [6, 6.07) is 3.65. The number of aromatic nitrogens is 1. The quantitative estimate of drug-likeness (QED) is 0.773. The second-order valence-corrected chi connectivity index (χ2v) is 5.47. The molecule has 2 rings (SSSR count). The molecule has 0 radical (unpaired) electrons. The third-order valence-corrected chi connectivity index (χ3v) is 3.30. The van der Waals surface area contributed by atoms with E-state index in [1.807, 2.05) is 0 Å². The van der Waals surface area contributed by atoms with Gasteiger partial charge in [0.05, 0.1) is 11.9 Å². The summed E-state index contributed by atoms with van der Waals surface area (Å²) in [5.74, 6) is -0.422. The van der Waals surface area contributed by atoms with Crippen LogP contribution in [0.15, 0.2) is 18.3 Å². The van der Waals surface area contributed by atoms with E-state index in [1.165, 1.54) is 31.7 Å². The van der Waals surface area contributed by atoms with Gasteiger partial charge in [0.15, 0.2) is 0 Å². The van der Waals surface area contributed by atoms with Crippen molar-refractivity contribution in [1.29, 1.82) is 0 Å². The van der Waals surface area contributed by atoms with Crippen LogP contribution in [-0.4, -0.2) is 11.0 Å². The number of rotatable bonds is 2. The van der Waals surface area contributed by atoms with Gasteiger partial charge < -0.3 is 5.32 Å². The second-order valence-electron chi connectivity index (χ2n) is 5.47. The Morgan fingerprint density at radius 3 is 2.88 bits per heavy atom. The number of nitrogens with zero attached hydrogens (tertiary/aromatic N) is 1. The Morgan fingerprint density at radius 1 is 1.44 bits per heavy atom. The van der Waals surface area contributed by atoms with Crippen molar-refractivity contribution in [3.05, 3.63) is 24.3 Å². The summed E-state index contributed by atoms with van der Waals surface area (Å²) in [5.41, 5.74) is 1.34. The van der Waals surface area contributed by atoms with Crippen LogP contribution in [-0.2, 0) is 0 Å². The number of pyridine rings is 1. The van der Waals surface area contributed by atoms with Crippen molar-refractivity contribution in [2.45, 2.75) is 45.6 Å². The molecule has 0 bridgehead atoms. The lowest BCUT2D eigenvalue weighted by Gasteiger charge is -2.36. The standard InChI is InChI=1S/C13H19FN2/c1-13(2)7-3-4-10(8-13)16-11-5-6-12(14)15-9-11/h5-6,9-10,16H,3-4,7-8H2,1-2H3.